The molecule has 1 aromatic carbocycles. The second kappa shape index (κ2) is 7.00. The minimum atomic E-state index is 0.0449. The largest absolute Gasteiger partial charge is 0.370 e. The standard InChI is InChI=1S/C16H19N3O2S/c1-12-17-15(11-22-12)13-3-2-4-14(9-13)18-16(20)10-19-5-7-21-8-6-19/h2-4,9,11H,5-8,10H2,1H3,(H,18,20)/p+1. The lowest BCUT2D eigenvalue weighted by molar-refractivity contribution is -0.899. The molecule has 116 valence electrons. The first-order valence-corrected chi connectivity index (χ1v) is 8.32. The molecule has 2 N–H and O–H groups in total. The van der Waals surface area contributed by atoms with E-state index in [1.807, 2.05) is 36.6 Å². The molecule has 0 saturated carbocycles. The van der Waals surface area contributed by atoms with Gasteiger partial charge in [0.25, 0.3) is 5.91 Å². The van der Waals surface area contributed by atoms with Gasteiger partial charge in [-0.3, -0.25) is 4.79 Å². The van der Waals surface area contributed by atoms with Crippen LogP contribution >= 0.6 is 11.3 Å². The fourth-order valence-corrected chi connectivity index (χ4v) is 3.14. The molecule has 1 saturated heterocycles. The van der Waals surface area contributed by atoms with Gasteiger partial charge in [-0.15, -0.1) is 11.3 Å². The number of morpholine rings is 1. The van der Waals surface area contributed by atoms with E-state index in [1.54, 1.807) is 11.3 Å². The molecule has 22 heavy (non-hydrogen) atoms. The maximum Gasteiger partial charge on any atom is 0.279 e. The average molecular weight is 318 g/mol. The van der Waals surface area contributed by atoms with E-state index >= 15 is 0 Å². The number of benzene rings is 1. The molecule has 1 amide bonds. The van der Waals surface area contributed by atoms with Crippen LogP contribution in [0.4, 0.5) is 5.69 Å². The molecule has 6 heteroatoms. The van der Waals surface area contributed by atoms with Gasteiger partial charge in [0.15, 0.2) is 6.54 Å². The zero-order valence-corrected chi connectivity index (χ0v) is 13.4. The van der Waals surface area contributed by atoms with Crippen molar-refractivity contribution < 1.29 is 14.4 Å². The summed E-state index contributed by atoms with van der Waals surface area (Å²) < 4.78 is 5.31. The van der Waals surface area contributed by atoms with Gasteiger partial charge >= 0.3 is 0 Å². The van der Waals surface area contributed by atoms with E-state index in [-0.39, 0.29) is 5.91 Å². The third-order valence-electron chi connectivity index (χ3n) is 3.67. The predicted molar refractivity (Wildman–Crippen MR) is 87.3 cm³/mol. The molecule has 5 nitrogen and oxygen atoms in total. The van der Waals surface area contributed by atoms with E-state index in [2.05, 4.69) is 10.3 Å². The number of amides is 1. The Morgan fingerprint density at radius 2 is 2.23 bits per heavy atom. The van der Waals surface area contributed by atoms with Gasteiger partial charge in [0.1, 0.15) is 13.1 Å². The van der Waals surface area contributed by atoms with Crippen LogP contribution in [0.3, 0.4) is 0 Å². The average Bonchev–Trinajstić information content (AvgIpc) is 2.95. The summed E-state index contributed by atoms with van der Waals surface area (Å²) in [4.78, 5) is 17.9. The smallest absolute Gasteiger partial charge is 0.279 e. The summed E-state index contributed by atoms with van der Waals surface area (Å²) in [7, 11) is 0. The highest BCUT2D eigenvalue weighted by molar-refractivity contribution is 7.09. The number of carbonyl (C=O) groups excluding carboxylic acids is 1. The fraction of sp³-hybridized carbons (Fsp3) is 0.375. The van der Waals surface area contributed by atoms with Crippen molar-refractivity contribution in [3.63, 3.8) is 0 Å². The lowest BCUT2D eigenvalue weighted by atomic mass is 10.1. The maximum atomic E-state index is 12.1. The van der Waals surface area contributed by atoms with Crippen molar-refractivity contribution in [3.05, 3.63) is 34.7 Å². The highest BCUT2D eigenvalue weighted by Crippen LogP contribution is 2.24. The molecule has 0 radical (unpaired) electrons. The number of carbonyl (C=O) groups is 1. The van der Waals surface area contributed by atoms with E-state index in [0.29, 0.717) is 6.54 Å². The van der Waals surface area contributed by atoms with Crippen LogP contribution in [0.25, 0.3) is 11.3 Å². The zero-order chi connectivity index (χ0) is 15.4. The quantitative estimate of drug-likeness (QED) is 0.883. The van der Waals surface area contributed by atoms with Gasteiger partial charge < -0.3 is 15.0 Å². The first-order valence-electron chi connectivity index (χ1n) is 7.44. The van der Waals surface area contributed by atoms with E-state index in [9.17, 15) is 4.79 Å². The molecule has 0 atom stereocenters. The molecule has 0 bridgehead atoms. The van der Waals surface area contributed by atoms with Gasteiger partial charge in [0.05, 0.1) is 23.9 Å². The molecule has 1 aliphatic heterocycles. The second-order valence-corrected chi connectivity index (χ2v) is 6.48. The molecule has 1 fully saturated rings. The summed E-state index contributed by atoms with van der Waals surface area (Å²) in [5.41, 5.74) is 2.80. The van der Waals surface area contributed by atoms with E-state index < -0.39 is 0 Å². The lowest BCUT2D eigenvalue weighted by Crippen LogP contribution is -3.15. The number of aryl methyl sites for hydroxylation is 1. The number of hydrogen-bond donors (Lipinski definition) is 2. The Labute approximate surface area is 133 Å². The third kappa shape index (κ3) is 3.91. The Bertz CT molecular complexity index is 650. The summed E-state index contributed by atoms with van der Waals surface area (Å²) in [6.45, 7) is 5.74. The highest BCUT2D eigenvalue weighted by Gasteiger charge is 2.17. The monoisotopic (exact) mass is 318 g/mol. The van der Waals surface area contributed by atoms with Gasteiger partial charge in [-0.05, 0) is 19.1 Å². The topological polar surface area (TPSA) is 55.7 Å². The molecular weight excluding hydrogens is 298 g/mol. The Morgan fingerprint density at radius 3 is 2.95 bits per heavy atom. The van der Waals surface area contributed by atoms with Gasteiger partial charge in [0.2, 0.25) is 0 Å². The number of nitrogens with one attached hydrogen (secondary N) is 2. The number of aromatic nitrogens is 1. The summed E-state index contributed by atoms with van der Waals surface area (Å²) in [5, 5.41) is 6.06. The number of hydrogen-bond acceptors (Lipinski definition) is 4. The van der Waals surface area contributed by atoms with Crippen LogP contribution in [0.15, 0.2) is 29.6 Å². The highest BCUT2D eigenvalue weighted by atomic mass is 32.1. The van der Waals surface area contributed by atoms with E-state index in [1.165, 1.54) is 4.90 Å². The number of rotatable bonds is 4. The third-order valence-corrected chi connectivity index (χ3v) is 4.45. The summed E-state index contributed by atoms with van der Waals surface area (Å²) in [5.74, 6) is 0.0449. The normalized spacial score (nSPS) is 15.7. The summed E-state index contributed by atoms with van der Waals surface area (Å²) in [6, 6.07) is 7.84. The van der Waals surface area contributed by atoms with Crippen LogP contribution in [-0.2, 0) is 9.53 Å². The number of anilines is 1. The minimum absolute atomic E-state index is 0.0449. The molecular formula is C16H20N3O2S+. The maximum absolute atomic E-state index is 12.1. The molecule has 0 spiro atoms. The Balaban J connectivity index is 1.63. The van der Waals surface area contributed by atoms with E-state index in [4.69, 9.17) is 4.74 Å². The summed E-state index contributed by atoms with van der Waals surface area (Å²) in [6.07, 6.45) is 0. The number of ether oxygens (including phenoxy) is 1. The van der Waals surface area contributed by atoms with Gasteiger partial charge in [-0.2, -0.15) is 0 Å². The first kappa shape index (κ1) is 15.1. The number of thiazole rings is 1. The Morgan fingerprint density at radius 1 is 1.41 bits per heavy atom. The Hall–Kier alpha value is -1.76. The van der Waals surface area contributed by atoms with Crippen molar-refractivity contribution in [2.45, 2.75) is 6.92 Å². The second-order valence-electron chi connectivity index (χ2n) is 5.42. The Kier molecular flexibility index (Phi) is 4.82. The van der Waals surface area contributed by atoms with Crippen LogP contribution in [0.1, 0.15) is 5.01 Å². The van der Waals surface area contributed by atoms with Crippen LogP contribution in [0, 0.1) is 6.92 Å². The van der Waals surface area contributed by atoms with Gasteiger partial charge in [-0.25, -0.2) is 4.98 Å². The zero-order valence-electron chi connectivity index (χ0n) is 12.6. The lowest BCUT2D eigenvalue weighted by Gasteiger charge is -2.23. The van der Waals surface area contributed by atoms with Gasteiger partial charge in [0, 0.05) is 16.6 Å². The molecule has 1 aromatic heterocycles. The van der Waals surface area contributed by atoms with Crippen molar-refractivity contribution in [2.24, 2.45) is 0 Å². The predicted octanol–water partition coefficient (Wildman–Crippen LogP) is 0.972. The number of nitrogens with zero attached hydrogens (tertiary/aromatic N) is 1. The van der Waals surface area contributed by atoms with Gasteiger partial charge in [-0.1, -0.05) is 12.1 Å². The van der Waals surface area contributed by atoms with Crippen molar-refractivity contribution >= 4 is 22.9 Å². The van der Waals surface area contributed by atoms with Crippen molar-refractivity contribution in [1.82, 2.24) is 4.98 Å². The molecule has 0 aliphatic carbocycles. The van der Waals surface area contributed by atoms with Crippen LogP contribution < -0.4 is 10.2 Å². The van der Waals surface area contributed by atoms with Crippen molar-refractivity contribution in [3.8, 4) is 11.3 Å². The first-order chi connectivity index (χ1) is 10.7. The molecule has 3 rings (SSSR count). The molecule has 1 aliphatic rings. The molecule has 2 aromatic rings. The van der Waals surface area contributed by atoms with Crippen molar-refractivity contribution in [1.29, 1.82) is 0 Å². The fourth-order valence-electron chi connectivity index (χ4n) is 2.52. The number of quaternary nitrogens is 1. The van der Waals surface area contributed by atoms with Crippen LogP contribution in [-0.4, -0.2) is 43.7 Å². The minimum Gasteiger partial charge on any atom is -0.370 e. The van der Waals surface area contributed by atoms with Crippen LogP contribution in [0.2, 0.25) is 0 Å². The van der Waals surface area contributed by atoms with E-state index in [0.717, 1.165) is 48.3 Å². The SMILES string of the molecule is Cc1nc(-c2cccc(NC(=O)C[NH+]3CCOCC3)c2)cs1. The van der Waals surface area contributed by atoms with Crippen molar-refractivity contribution in [2.75, 3.05) is 38.2 Å². The molecule has 2 heterocycles. The summed E-state index contributed by atoms with van der Waals surface area (Å²) >= 11 is 1.63. The molecule has 0 unspecified atom stereocenters. The van der Waals surface area contributed by atoms with Crippen LogP contribution in [0.5, 0.6) is 0 Å².